The Morgan fingerprint density at radius 3 is 2.80 bits per heavy atom. The molecule has 3 rings (SSSR count). The number of phenolic OH excluding ortho intramolecular Hbond substituents is 1. The second-order valence-electron chi connectivity index (χ2n) is 5.44. The normalized spacial score (nSPS) is 15.9. The Bertz CT molecular complexity index is 819. The van der Waals surface area contributed by atoms with Crippen LogP contribution in [0.1, 0.15) is 12.0 Å². The van der Waals surface area contributed by atoms with Crippen LogP contribution in [0, 0.1) is 0 Å². The summed E-state index contributed by atoms with van der Waals surface area (Å²) in [5.74, 6) is 1.01. The molecule has 7 heteroatoms. The summed E-state index contributed by atoms with van der Waals surface area (Å²) in [7, 11) is 3.14. The molecule has 0 aliphatic carbocycles. The minimum atomic E-state index is -0.756. The lowest BCUT2D eigenvalue weighted by molar-refractivity contribution is -0.125. The lowest BCUT2D eigenvalue weighted by atomic mass is 10.0. The molecule has 0 spiro atoms. The van der Waals surface area contributed by atoms with Crippen LogP contribution in [-0.4, -0.2) is 37.0 Å². The Balaban J connectivity index is 1.72. The third-order valence-corrected chi connectivity index (χ3v) is 3.79. The SMILES string of the molecule is COc1ccc(OC)c(C2=NOC(C(=O)Nc3cccc(O)c3)C2)c1. The molecule has 2 aromatic carbocycles. The highest BCUT2D eigenvalue weighted by molar-refractivity contribution is 6.07. The van der Waals surface area contributed by atoms with Gasteiger partial charge in [-0.3, -0.25) is 4.79 Å². The van der Waals surface area contributed by atoms with E-state index in [4.69, 9.17) is 14.3 Å². The van der Waals surface area contributed by atoms with Gasteiger partial charge in [0, 0.05) is 23.7 Å². The Morgan fingerprint density at radius 1 is 1.24 bits per heavy atom. The molecule has 1 unspecified atom stereocenters. The largest absolute Gasteiger partial charge is 0.508 e. The number of nitrogens with zero attached hydrogens (tertiary/aromatic N) is 1. The molecule has 25 heavy (non-hydrogen) atoms. The van der Waals surface area contributed by atoms with E-state index in [9.17, 15) is 9.90 Å². The zero-order valence-corrected chi connectivity index (χ0v) is 13.9. The molecular weight excluding hydrogens is 324 g/mol. The molecule has 1 atom stereocenters. The van der Waals surface area contributed by atoms with Crippen LogP contribution >= 0.6 is 0 Å². The third-order valence-electron chi connectivity index (χ3n) is 3.79. The molecule has 0 aromatic heterocycles. The molecule has 1 aliphatic rings. The molecule has 0 radical (unpaired) electrons. The van der Waals surface area contributed by atoms with Gasteiger partial charge in [0.1, 0.15) is 17.2 Å². The fourth-order valence-corrected chi connectivity index (χ4v) is 2.52. The maximum Gasteiger partial charge on any atom is 0.268 e. The molecule has 0 saturated heterocycles. The van der Waals surface area contributed by atoms with Gasteiger partial charge < -0.3 is 24.7 Å². The smallest absolute Gasteiger partial charge is 0.268 e. The topological polar surface area (TPSA) is 89.4 Å². The summed E-state index contributed by atoms with van der Waals surface area (Å²) in [6.45, 7) is 0. The fourth-order valence-electron chi connectivity index (χ4n) is 2.52. The number of hydrogen-bond donors (Lipinski definition) is 2. The van der Waals surface area contributed by atoms with Crippen LogP contribution in [0.25, 0.3) is 0 Å². The van der Waals surface area contributed by atoms with Crippen LogP contribution in [0.5, 0.6) is 17.2 Å². The van der Waals surface area contributed by atoms with E-state index < -0.39 is 6.10 Å². The Morgan fingerprint density at radius 2 is 2.08 bits per heavy atom. The van der Waals surface area contributed by atoms with E-state index in [2.05, 4.69) is 10.5 Å². The number of oxime groups is 1. The number of rotatable bonds is 5. The summed E-state index contributed by atoms with van der Waals surface area (Å²) in [4.78, 5) is 17.6. The van der Waals surface area contributed by atoms with Crippen molar-refractivity contribution in [2.75, 3.05) is 19.5 Å². The van der Waals surface area contributed by atoms with Crippen LogP contribution in [0.2, 0.25) is 0 Å². The van der Waals surface area contributed by atoms with E-state index in [0.717, 1.165) is 5.56 Å². The highest BCUT2D eigenvalue weighted by Gasteiger charge is 2.30. The van der Waals surface area contributed by atoms with Gasteiger partial charge in [-0.2, -0.15) is 0 Å². The quantitative estimate of drug-likeness (QED) is 0.871. The number of amides is 1. The van der Waals surface area contributed by atoms with Crippen molar-refractivity contribution >= 4 is 17.3 Å². The predicted octanol–water partition coefficient (Wildman–Crippen LogP) is 2.54. The van der Waals surface area contributed by atoms with Gasteiger partial charge in [-0.25, -0.2) is 0 Å². The monoisotopic (exact) mass is 342 g/mol. The van der Waals surface area contributed by atoms with Crippen LogP contribution < -0.4 is 14.8 Å². The van der Waals surface area contributed by atoms with Crippen LogP contribution in [0.4, 0.5) is 5.69 Å². The molecule has 0 fully saturated rings. The number of methoxy groups -OCH3 is 2. The third kappa shape index (κ3) is 3.65. The lowest BCUT2D eigenvalue weighted by Gasteiger charge is -2.11. The van der Waals surface area contributed by atoms with Crippen LogP contribution in [-0.2, 0) is 9.63 Å². The molecule has 130 valence electrons. The summed E-state index contributed by atoms with van der Waals surface area (Å²) in [6, 6.07) is 11.7. The molecular formula is C18H18N2O5. The standard InChI is InChI=1S/C18H18N2O5/c1-23-13-6-7-16(24-2)14(9-13)15-10-17(25-20-15)18(22)19-11-4-3-5-12(21)8-11/h3-9,17,21H,10H2,1-2H3,(H,19,22). The van der Waals surface area contributed by atoms with Crippen molar-refractivity contribution in [2.45, 2.75) is 12.5 Å². The molecule has 1 aliphatic heterocycles. The first-order chi connectivity index (χ1) is 12.1. The van der Waals surface area contributed by atoms with Crippen molar-refractivity contribution in [3.05, 3.63) is 48.0 Å². The summed E-state index contributed by atoms with van der Waals surface area (Å²) in [6.07, 6.45) is -0.456. The van der Waals surface area contributed by atoms with Crippen molar-refractivity contribution < 1.29 is 24.2 Å². The first-order valence-corrected chi connectivity index (χ1v) is 7.65. The van der Waals surface area contributed by atoms with Crippen LogP contribution in [0.3, 0.4) is 0 Å². The molecule has 0 saturated carbocycles. The van der Waals surface area contributed by atoms with E-state index in [-0.39, 0.29) is 11.7 Å². The maximum absolute atomic E-state index is 12.3. The average Bonchev–Trinajstić information content (AvgIpc) is 3.11. The Kier molecular flexibility index (Phi) is 4.74. The highest BCUT2D eigenvalue weighted by Crippen LogP contribution is 2.29. The second kappa shape index (κ2) is 7.12. The van der Waals surface area contributed by atoms with Crippen molar-refractivity contribution in [3.63, 3.8) is 0 Å². The molecule has 1 amide bonds. The minimum Gasteiger partial charge on any atom is -0.508 e. The van der Waals surface area contributed by atoms with E-state index >= 15 is 0 Å². The molecule has 2 N–H and O–H groups in total. The van der Waals surface area contributed by atoms with E-state index in [0.29, 0.717) is 29.3 Å². The van der Waals surface area contributed by atoms with Gasteiger partial charge in [0.2, 0.25) is 6.10 Å². The van der Waals surface area contributed by atoms with Gasteiger partial charge in [0.15, 0.2) is 0 Å². The van der Waals surface area contributed by atoms with Gasteiger partial charge in [-0.15, -0.1) is 0 Å². The first-order valence-electron chi connectivity index (χ1n) is 7.65. The predicted molar refractivity (Wildman–Crippen MR) is 92.3 cm³/mol. The van der Waals surface area contributed by atoms with E-state index in [1.54, 1.807) is 44.6 Å². The average molecular weight is 342 g/mol. The van der Waals surface area contributed by atoms with Crippen LogP contribution in [0.15, 0.2) is 47.6 Å². The second-order valence-corrected chi connectivity index (χ2v) is 5.44. The van der Waals surface area contributed by atoms with E-state index in [1.807, 2.05) is 0 Å². The number of ether oxygens (including phenoxy) is 2. The highest BCUT2D eigenvalue weighted by atomic mass is 16.6. The van der Waals surface area contributed by atoms with Gasteiger partial charge in [-0.05, 0) is 30.3 Å². The zero-order chi connectivity index (χ0) is 17.8. The summed E-state index contributed by atoms with van der Waals surface area (Å²) < 4.78 is 10.6. The van der Waals surface area contributed by atoms with E-state index in [1.165, 1.54) is 12.1 Å². The molecule has 7 nitrogen and oxygen atoms in total. The number of carbonyl (C=O) groups is 1. The van der Waals surface area contributed by atoms with Crippen molar-refractivity contribution in [2.24, 2.45) is 5.16 Å². The number of phenols is 1. The number of benzene rings is 2. The van der Waals surface area contributed by atoms with Gasteiger partial charge in [0.05, 0.1) is 19.9 Å². The number of aromatic hydroxyl groups is 1. The molecule has 0 bridgehead atoms. The summed E-state index contributed by atoms with van der Waals surface area (Å²) >= 11 is 0. The summed E-state index contributed by atoms with van der Waals surface area (Å²) in [5.41, 5.74) is 1.81. The van der Waals surface area contributed by atoms with Gasteiger partial charge >= 0.3 is 0 Å². The van der Waals surface area contributed by atoms with Gasteiger partial charge in [-0.1, -0.05) is 11.2 Å². The Labute approximate surface area is 144 Å². The summed E-state index contributed by atoms with van der Waals surface area (Å²) in [5, 5.41) is 16.2. The molecule has 1 heterocycles. The maximum atomic E-state index is 12.3. The Hall–Kier alpha value is -3.22. The number of hydrogen-bond acceptors (Lipinski definition) is 6. The van der Waals surface area contributed by atoms with Crippen molar-refractivity contribution in [1.29, 1.82) is 0 Å². The minimum absolute atomic E-state index is 0.0724. The first kappa shape index (κ1) is 16.6. The number of anilines is 1. The molecule has 2 aromatic rings. The van der Waals surface area contributed by atoms with Crippen molar-refractivity contribution in [3.8, 4) is 17.2 Å². The zero-order valence-electron chi connectivity index (χ0n) is 13.9. The lowest BCUT2D eigenvalue weighted by Crippen LogP contribution is -2.28. The van der Waals surface area contributed by atoms with Crippen molar-refractivity contribution in [1.82, 2.24) is 0 Å². The number of carbonyl (C=O) groups excluding carboxylic acids is 1. The number of nitrogens with one attached hydrogen (secondary N) is 1. The van der Waals surface area contributed by atoms with Gasteiger partial charge in [0.25, 0.3) is 5.91 Å². The fraction of sp³-hybridized carbons (Fsp3) is 0.222.